The van der Waals surface area contributed by atoms with Gasteiger partial charge in [0.15, 0.2) is 0 Å². The molecule has 0 radical (unpaired) electrons. The number of furan rings is 1. The molecule has 114 valence electrons. The van der Waals surface area contributed by atoms with Crippen molar-refractivity contribution >= 4 is 10.9 Å². The van der Waals surface area contributed by atoms with E-state index in [2.05, 4.69) is 28.4 Å². The number of aromatic amines is 1. The third-order valence-electron chi connectivity index (χ3n) is 4.05. The van der Waals surface area contributed by atoms with E-state index in [9.17, 15) is 5.11 Å². The summed E-state index contributed by atoms with van der Waals surface area (Å²) in [5, 5.41) is 17.7. The highest BCUT2D eigenvalue weighted by Gasteiger charge is 2.17. The van der Waals surface area contributed by atoms with Crippen LogP contribution in [0.1, 0.15) is 16.8 Å². The van der Waals surface area contributed by atoms with Gasteiger partial charge in [-0.15, -0.1) is 0 Å². The van der Waals surface area contributed by atoms with E-state index < -0.39 is 0 Å². The molecule has 2 aromatic heterocycles. The molecule has 2 aromatic carbocycles. The zero-order valence-electron chi connectivity index (χ0n) is 12.5. The minimum atomic E-state index is -0.109. The van der Waals surface area contributed by atoms with Crippen molar-refractivity contribution < 1.29 is 9.52 Å². The first-order valence-corrected chi connectivity index (χ1v) is 7.54. The van der Waals surface area contributed by atoms with Crippen LogP contribution in [0.3, 0.4) is 0 Å². The van der Waals surface area contributed by atoms with E-state index >= 15 is 0 Å². The molecule has 0 aliphatic carbocycles. The number of rotatable bonds is 4. The highest BCUT2D eigenvalue weighted by Crippen LogP contribution is 2.35. The molecule has 2 heterocycles. The monoisotopic (exact) mass is 304 g/mol. The molecule has 23 heavy (non-hydrogen) atoms. The first-order chi connectivity index (χ1) is 11.4. The van der Waals surface area contributed by atoms with Gasteiger partial charge in [0.25, 0.3) is 0 Å². The fourth-order valence-electron chi connectivity index (χ4n) is 3.00. The van der Waals surface area contributed by atoms with Crippen LogP contribution in [0.15, 0.2) is 65.3 Å². The molecular formula is C19H16N2O2. The van der Waals surface area contributed by atoms with Crippen molar-refractivity contribution in [2.45, 2.75) is 13.0 Å². The highest BCUT2D eigenvalue weighted by molar-refractivity contribution is 5.97. The second-order valence-electron chi connectivity index (χ2n) is 5.49. The minimum absolute atomic E-state index is 0.109. The molecule has 4 rings (SSSR count). The maximum Gasteiger partial charge on any atom is 0.134 e. The van der Waals surface area contributed by atoms with E-state index in [1.807, 2.05) is 36.4 Å². The van der Waals surface area contributed by atoms with E-state index in [-0.39, 0.29) is 6.61 Å². The smallest absolute Gasteiger partial charge is 0.134 e. The Kier molecular flexibility index (Phi) is 3.44. The lowest BCUT2D eigenvalue weighted by molar-refractivity contribution is 0.278. The fourth-order valence-corrected chi connectivity index (χ4v) is 3.00. The maximum absolute atomic E-state index is 9.61. The van der Waals surface area contributed by atoms with Crippen LogP contribution in [-0.2, 0) is 13.0 Å². The van der Waals surface area contributed by atoms with Crippen LogP contribution in [0.5, 0.6) is 0 Å². The molecule has 0 aliphatic rings. The predicted octanol–water partition coefficient (Wildman–Crippen LogP) is 3.91. The summed E-state index contributed by atoms with van der Waals surface area (Å²) >= 11 is 0. The van der Waals surface area contributed by atoms with Gasteiger partial charge in [-0.2, -0.15) is 5.10 Å². The number of aromatic nitrogens is 2. The summed E-state index contributed by atoms with van der Waals surface area (Å²) in [6, 6.07) is 18.2. The number of aliphatic hydroxyl groups excluding tert-OH is 1. The number of aliphatic hydroxyl groups is 1. The SMILES string of the molecule is OCc1n[nH]c2ccc(Cc3ccccc3)c(-c3ccco3)c12. The van der Waals surface area contributed by atoms with Gasteiger partial charge in [0.1, 0.15) is 5.76 Å². The first-order valence-electron chi connectivity index (χ1n) is 7.54. The third-order valence-corrected chi connectivity index (χ3v) is 4.05. The third kappa shape index (κ3) is 2.43. The summed E-state index contributed by atoms with van der Waals surface area (Å²) in [5.74, 6) is 0.789. The number of benzene rings is 2. The molecule has 0 atom stereocenters. The van der Waals surface area contributed by atoms with Crippen molar-refractivity contribution in [3.63, 3.8) is 0 Å². The van der Waals surface area contributed by atoms with Gasteiger partial charge in [-0.1, -0.05) is 36.4 Å². The second kappa shape index (κ2) is 5.74. The quantitative estimate of drug-likeness (QED) is 0.601. The van der Waals surface area contributed by atoms with Crippen molar-refractivity contribution in [3.05, 3.63) is 77.7 Å². The lowest BCUT2D eigenvalue weighted by Crippen LogP contribution is -1.94. The lowest BCUT2D eigenvalue weighted by atomic mass is 9.94. The van der Waals surface area contributed by atoms with Gasteiger partial charge in [0.05, 0.1) is 24.1 Å². The minimum Gasteiger partial charge on any atom is -0.464 e. The van der Waals surface area contributed by atoms with Gasteiger partial charge in [-0.05, 0) is 35.7 Å². The van der Waals surface area contributed by atoms with Crippen LogP contribution in [0.2, 0.25) is 0 Å². The predicted molar refractivity (Wildman–Crippen MR) is 89.0 cm³/mol. The van der Waals surface area contributed by atoms with Gasteiger partial charge in [0, 0.05) is 10.9 Å². The number of hydrogen-bond donors (Lipinski definition) is 2. The Hall–Kier alpha value is -2.85. The number of fused-ring (bicyclic) bond motifs is 1. The molecule has 4 nitrogen and oxygen atoms in total. The molecule has 0 fully saturated rings. The number of H-pyrrole nitrogens is 1. The molecule has 0 bridgehead atoms. The Bertz CT molecular complexity index is 925. The summed E-state index contributed by atoms with van der Waals surface area (Å²) in [4.78, 5) is 0. The van der Waals surface area contributed by atoms with Crippen LogP contribution in [0.4, 0.5) is 0 Å². The van der Waals surface area contributed by atoms with Crippen molar-refractivity contribution in [3.8, 4) is 11.3 Å². The molecule has 0 saturated carbocycles. The molecule has 0 amide bonds. The average Bonchev–Trinajstić information content (AvgIpc) is 3.25. The number of hydrogen-bond acceptors (Lipinski definition) is 3. The van der Waals surface area contributed by atoms with Crippen LogP contribution in [-0.4, -0.2) is 15.3 Å². The molecule has 0 spiro atoms. The summed E-state index contributed by atoms with van der Waals surface area (Å²) in [6.45, 7) is -0.109. The topological polar surface area (TPSA) is 62.1 Å². The van der Waals surface area contributed by atoms with E-state index in [1.54, 1.807) is 6.26 Å². The van der Waals surface area contributed by atoms with Crippen molar-refractivity contribution in [2.75, 3.05) is 0 Å². The molecule has 0 saturated heterocycles. The largest absolute Gasteiger partial charge is 0.464 e. The maximum atomic E-state index is 9.61. The Morgan fingerprint density at radius 1 is 1.00 bits per heavy atom. The first kappa shape index (κ1) is 13.8. The van der Waals surface area contributed by atoms with Crippen LogP contribution in [0, 0.1) is 0 Å². The highest BCUT2D eigenvalue weighted by atomic mass is 16.3. The number of nitrogens with zero attached hydrogens (tertiary/aromatic N) is 1. The molecule has 4 aromatic rings. The van der Waals surface area contributed by atoms with E-state index in [1.165, 1.54) is 5.56 Å². The summed E-state index contributed by atoms with van der Waals surface area (Å²) in [7, 11) is 0. The van der Waals surface area contributed by atoms with Crippen molar-refractivity contribution in [1.29, 1.82) is 0 Å². The Balaban J connectivity index is 1.95. The zero-order valence-corrected chi connectivity index (χ0v) is 12.5. The van der Waals surface area contributed by atoms with Gasteiger partial charge in [-0.25, -0.2) is 0 Å². The van der Waals surface area contributed by atoms with Crippen LogP contribution < -0.4 is 0 Å². The molecule has 0 aliphatic heterocycles. The van der Waals surface area contributed by atoms with E-state index in [0.717, 1.165) is 34.2 Å². The van der Waals surface area contributed by atoms with Crippen LogP contribution >= 0.6 is 0 Å². The second-order valence-corrected chi connectivity index (χ2v) is 5.49. The fraction of sp³-hybridized carbons (Fsp3) is 0.105. The molecule has 4 heteroatoms. The average molecular weight is 304 g/mol. The Labute approximate surface area is 133 Å². The Morgan fingerprint density at radius 3 is 2.61 bits per heavy atom. The zero-order chi connectivity index (χ0) is 15.6. The number of nitrogens with one attached hydrogen (secondary N) is 1. The van der Waals surface area contributed by atoms with Crippen molar-refractivity contribution in [2.24, 2.45) is 0 Å². The Morgan fingerprint density at radius 2 is 1.87 bits per heavy atom. The normalized spacial score (nSPS) is 11.2. The standard InChI is InChI=1S/C19H16N2O2/c22-12-16-19-15(20-21-16)9-8-14(11-13-5-2-1-3-6-13)18(19)17-7-4-10-23-17/h1-10,22H,11-12H2,(H,20,21). The van der Waals surface area contributed by atoms with Gasteiger partial charge < -0.3 is 9.52 Å². The van der Waals surface area contributed by atoms with Crippen LogP contribution in [0.25, 0.3) is 22.2 Å². The summed E-state index contributed by atoms with van der Waals surface area (Å²) < 4.78 is 5.65. The lowest BCUT2D eigenvalue weighted by Gasteiger charge is -2.10. The van der Waals surface area contributed by atoms with Gasteiger partial charge >= 0.3 is 0 Å². The molecular weight excluding hydrogens is 288 g/mol. The van der Waals surface area contributed by atoms with Gasteiger partial charge in [0.2, 0.25) is 0 Å². The van der Waals surface area contributed by atoms with E-state index in [4.69, 9.17) is 4.42 Å². The molecule has 0 unspecified atom stereocenters. The van der Waals surface area contributed by atoms with Crippen molar-refractivity contribution in [1.82, 2.24) is 10.2 Å². The summed E-state index contributed by atoms with van der Waals surface area (Å²) in [5.41, 5.74) is 4.91. The summed E-state index contributed by atoms with van der Waals surface area (Å²) in [6.07, 6.45) is 2.46. The van der Waals surface area contributed by atoms with E-state index in [0.29, 0.717) is 5.69 Å². The molecule has 2 N–H and O–H groups in total. The van der Waals surface area contributed by atoms with Gasteiger partial charge in [-0.3, -0.25) is 5.10 Å².